The number of rotatable bonds is 4. The Morgan fingerprint density at radius 2 is 1.81 bits per heavy atom. The van der Waals surface area contributed by atoms with E-state index in [0.29, 0.717) is 13.0 Å². The summed E-state index contributed by atoms with van der Waals surface area (Å²) in [5.74, 6) is -1.52. The lowest BCUT2D eigenvalue weighted by Gasteiger charge is -2.32. The molecule has 0 radical (unpaired) electrons. The molecule has 2 atom stereocenters. The largest absolute Gasteiger partial charge is 0.480 e. The van der Waals surface area contributed by atoms with E-state index in [2.05, 4.69) is 5.32 Å². The van der Waals surface area contributed by atoms with Gasteiger partial charge in [0.2, 0.25) is 11.8 Å². The summed E-state index contributed by atoms with van der Waals surface area (Å²) in [7, 11) is 0. The van der Waals surface area contributed by atoms with Gasteiger partial charge < -0.3 is 15.3 Å². The molecule has 1 aliphatic rings. The van der Waals surface area contributed by atoms with Crippen LogP contribution in [0.2, 0.25) is 0 Å². The first kappa shape index (κ1) is 17.5. The molecule has 0 aromatic rings. The fourth-order valence-corrected chi connectivity index (χ4v) is 2.36. The fourth-order valence-electron chi connectivity index (χ4n) is 2.36. The molecule has 6 heteroatoms. The molecule has 0 aromatic carbocycles. The van der Waals surface area contributed by atoms with E-state index < -0.39 is 23.0 Å². The Kier molecular flexibility index (Phi) is 5.02. The number of carboxylic acid groups (broad SMARTS) is 1. The molecule has 1 rings (SSSR count). The van der Waals surface area contributed by atoms with Gasteiger partial charge in [0.25, 0.3) is 0 Å². The van der Waals surface area contributed by atoms with Crippen LogP contribution in [0.15, 0.2) is 0 Å². The van der Waals surface area contributed by atoms with Crippen molar-refractivity contribution in [3.8, 4) is 0 Å². The van der Waals surface area contributed by atoms with Gasteiger partial charge in [-0.2, -0.15) is 0 Å². The summed E-state index contributed by atoms with van der Waals surface area (Å²) >= 11 is 0. The molecule has 0 bridgehead atoms. The third kappa shape index (κ3) is 3.74. The number of hydrogen-bond acceptors (Lipinski definition) is 3. The molecule has 21 heavy (non-hydrogen) atoms. The quantitative estimate of drug-likeness (QED) is 0.821. The van der Waals surface area contributed by atoms with E-state index >= 15 is 0 Å². The Labute approximate surface area is 125 Å². The Morgan fingerprint density at radius 3 is 2.24 bits per heavy atom. The molecule has 1 aliphatic heterocycles. The third-order valence-corrected chi connectivity index (χ3v) is 4.04. The minimum atomic E-state index is -1.30. The fraction of sp³-hybridized carbons (Fsp3) is 0.800. The van der Waals surface area contributed by atoms with E-state index in [1.54, 1.807) is 11.8 Å². The average molecular weight is 298 g/mol. The van der Waals surface area contributed by atoms with Gasteiger partial charge in [0.1, 0.15) is 11.6 Å². The van der Waals surface area contributed by atoms with Gasteiger partial charge in [-0.05, 0) is 26.2 Å². The summed E-state index contributed by atoms with van der Waals surface area (Å²) in [5.41, 5.74) is -1.85. The number of carbonyl (C=O) groups is 3. The van der Waals surface area contributed by atoms with Crippen LogP contribution in [0.4, 0.5) is 0 Å². The molecule has 2 N–H and O–H groups in total. The summed E-state index contributed by atoms with van der Waals surface area (Å²) < 4.78 is 0. The van der Waals surface area contributed by atoms with Gasteiger partial charge in [0.05, 0.1) is 0 Å². The Morgan fingerprint density at radius 1 is 1.24 bits per heavy atom. The summed E-state index contributed by atoms with van der Waals surface area (Å²) in [6.07, 6.45) is 1.62. The van der Waals surface area contributed by atoms with Crippen LogP contribution in [-0.2, 0) is 14.4 Å². The standard InChI is InChI=1S/C15H26N2O4/c1-6-15(5,13(20)21)16-11(18)10-8-7-9-17(10)12(19)14(2,3)4/h10H,6-9H2,1-5H3,(H,16,18)(H,20,21). The number of likely N-dealkylation sites (tertiary alicyclic amines) is 1. The zero-order chi connectivity index (χ0) is 16.4. The number of aliphatic carboxylic acids is 1. The molecule has 120 valence electrons. The second-order valence-electron chi connectivity index (χ2n) is 6.89. The van der Waals surface area contributed by atoms with Gasteiger partial charge in [-0.15, -0.1) is 0 Å². The number of hydrogen-bond donors (Lipinski definition) is 2. The number of nitrogens with zero attached hydrogens (tertiary/aromatic N) is 1. The molecule has 2 unspecified atom stereocenters. The van der Waals surface area contributed by atoms with Gasteiger partial charge in [0, 0.05) is 12.0 Å². The molecule has 0 aromatic heterocycles. The number of amides is 2. The highest BCUT2D eigenvalue weighted by molar-refractivity contribution is 5.93. The SMILES string of the molecule is CCC(C)(NC(=O)C1CCCN1C(=O)C(C)(C)C)C(=O)O. The van der Waals surface area contributed by atoms with E-state index in [4.69, 9.17) is 0 Å². The van der Waals surface area contributed by atoms with E-state index in [-0.39, 0.29) is 18.2 Å². The van der Waals surface area contributed by atoms with Crippen molar-refractivity contribution in [1.29, 1.82) is 0 Å². The van der Waals surface area contributed by atoms with Crippen molar-refractivity contribution in [2.24, 2.45) is 5.41 Å². The Balaban J connectivity index is 2.87. The first-order valence-electron chi connectivity index (χ1n) is 7.39. The third-order valence-electron chi connectivity index (χ3n) is 4.04. The highest BCUT2D eigenvalue weighted by atomic mass is 16.4. The minimum Gasteiger partial charge on any atom is -0.480 e. The first-order valence-corrected chi connectivity index (χ1v) is 7.39. The molecular formula is C15H26N2O4. The molecule has 0 spiro atoms. The van der Waals surface area contributed by atoms with E-state index in [0.717, 1.165) is 6.42 Å². The van der Waals surface area contributed by atoms with Crippen LogP contribution in [0.3, 0.4) is 0 Å². The zero-order valence-corrected chi connectivity index (χ0v) is 13.5. The molecule has 2 amide bonds. The van der Waals surface area contributed by atoms with Crippen molar-refractivity contribution in [3.63, 3.8) is 0 Å². The molecule has 0 aliphatic carbocycles. The maximum Gasteiger partial charge on any atom is 0.329 e. The number of nitrogens with one attached hydrogen (secondary N) is 1. The van der Waals surface area contributed by atoms with E-state index in [1.807, 2.05) is 20.8 Å². The smallest absolute Gasteiger partial charge is 0.329 e. The maximum atomic E-state index is 12.4. The van der Waals surface area contributed by atoms with Crippen LogP contribution in [0.25, 0.3) is 0 Å². The number of carbonyl (C=O) groups excluding carboxylic acids is 2. The highest BCUT2D eigenvalue weighted by Crippen LogP contribution is 2.26. The average Bonchev–Trinajstić information content (AvgIpc) is 2.85. The molecular weight excluding hydrogens is 272 g/mol. The monoisotopic (exact) mass is 298 g/mol. The second kappa shape index (κ2) is 6.03. The van der Waals surface area contributed by atoms with Crippen molar-refractivity contribution in [3.05, 3.63) is 0 Å². The Hall–Kier alpha value is -1.59. The van der Waals surface area contributed by atoms with E-state index in [1.165, 1.54) is 6.92 Å². The molecule has 0 saturated carbocycles. The summed E-state index contributed by atoms with van der Waals surface area (Å²) in [5, 5.41) is 11.8. The summed E-state index contributed by atoms with van der Waals surface area (Å²) in [4.78, 5) is 37.6. The number of carboxylic acids is 1. The van der Waals surface area contributed by atoms with Crippen LogP contribution in [0.1, 0.15) is 53.9 Å². The van der Waals surface area contributed by atoms with Gasteiger partial charge in [-0.3, -0.25) is 9.59 Å². The summed E-state index contributed by atoms with van der Waals surface area (Å²) in [6.45, 7) is 9.19. The lowest BCUT2D eigenvalue weighted by Crippen LogP contribution is -2.57. The lowest BCUT2D eigenvalue weighted by atomic mass is 9.94. The van der Waals surface area contributed by atoms with E-state index in [9.17, 15) is 19.5 Å². The van der Waals surface area contributed by atoms with Crippen LogP contribution in [-0.4, -0.2) is 45.9 Å². The molecule has 1 saturated heterocycles. The van der Waals surface area contributed by atoms with Crippen molar-refractivity contribution in [2.45, 2.75) is 65.5 Å². The highest BCUT2D eigenvalue weighted by Gasteiger charge is 2.41. The normalized spacial score (nSPS) is 21.8. The summed E-state index contributed by atoms with van der Waals surface area (Å²) in [6, 6.07) is -0.568. The second-order valence-corrected chi connectivity index (χ2v) is 6.89. The van der Waals surface area contributed by atoms with Crippen LogP contribution >= 0.6 is 0 Å². The van der Waals surface area contributed by atoms with Gasteiger partial charge in [-0.1, -0.05) is 27.7 Å². The zero-order valence-electron chi connectivity index (χ0n) is 13.5. The van der Waals surface area contributed by atoms with Crippen LogP contribution in [0, 0.1) is 5.41 Å². The predicted octanol–water partition coefficient (Wildman–Crippen LogP) is 1.39. The molecule has 1 heterocycles. The van der Waals surface area contributed by atoms with Crippen molar-refractivity contribution < 1.29 is 19.5 Å². The van der Waals surface area contributed by atoms with Gasteiger partial charge in [-0.25, -0.2) is 4.79 Å². The van der Waals surface area contributed by atoms with Crippen LogP contribution < -0.4 is 5.32 Å². The van der Waals surface area contributed by atoms with Gasteiger partial charge >= 0.3 is 5.97 Å². The predicted molar refractivity (Wildman–Crippen MR) is 78.7 cm³/mol. The first-order chi connectivity index (χ1) is 9.53. The lowest BCUT2D eigenvalue weighted by molar-refractivity contribution is -0.149. The Bertz CT molecular complexity index is 441. The minimum absolute atomic E-state index is 0.0753. The molecule has 1 fully saturated rings. The van der Waals surface area contributed by atoms with Crippen LogP contribution in [0.5, 0.6) is 0 Å². The van der Waals surface area contributed by atoms with Crippen molar-refractivity contribution in [2.75, 3.05) is 6.54 Å². The van der Waals surface area contributed by atoms with Crippen molar-refractivity contribution >= 4 is 17.8 Å². The van der Waals surface area contributed by atoms with Crippen molar-refractivity contribution in [1.82, 2.24) is 10.2 Å². The topological polar surface area (TPSA) is 86.7 Å². The molecule has 6 nitrogen and oxygen atoms in total. The van der Waals surface area contributed by atoms with Gasteiger partial charge in [0.15, 0.2) is 0 Å². The maximum absolute atomic E-state index is 12.4.